The fourth-order valence-corrected chi connectivity index (χ4v) is 7.13. The first kappa shape index (κ1) is 32.4. The van der Waals surface area contributed by atoms with E-state index in [1.54, 1.807) is 33.5 Å². The second kappa shape index (κ2) is 14.5. The van der Waals surface area contributed by atoms with E-state index in [-0.39, 0.29) is 11.3 Å². The van der Waals surface area contributed by atoms with Gasteiger partial charge in [-0.1, -0.05) is 30.4 Å². The monoisotopic (exact) mass is 638 g/mol. The summed E-state index contributed by atoms with van der Waals surface area (Å²) in [6.07, 6.45) is 12.0. The second-order valence-corrected chi connectivity index (χ2v) is 12.5. The van der Waals surface area contributed by atoms with Gasteiger partial charge in [0.2, 0.25) is 11.7 Å². The molecular weight excluding hydrogens is 592 g/mol. The molecule has 2 aliphatic rings. The Labute approximate surface area is 277 Å². The molecule has 0 bridgehead atoms. The summed E-state index contributed by atoms with van der Waals surface area (Å²) in [6.45, 7) is 7.16. The Balaban J connectivity index is 1.12. The van der Waals surface area contributed by atoms with Gasteiger partial charge >= 0.3 is 0 Å². The lowest BCUT2D eigenvalue weighted by Crippen LogP contribution is -2.42. The molecular formula is C37H46N6O4. The number of hydrogen-bond acceptors (Lipinski definition) is 8. The van der Waals surface area contributed by atoms with Gasteiger partial charge in [-0.3, -0.25) is 9.78 Å². The summed E-state index contributed by atoms with van der Waals surface area (Å²) >= 11 is 0. The van der Waals surface area contributed by atoms with Crippen molar-refractivity contribution < 1.29 is 19.0 Å². The molecule has 47 heavy (non-hydrogen) atoms. The third-order valence-electron chi connectivity index (χ3n) is 9.83. The number of aromatic nitrogens is 3. The van der Waals surface area contributed by atoms with Crippen molar-refractivity contribution in [1.29, 1.82) is 0 Å². The molecule has 0 aliphatic carbocycles. The topological polar surface area (TPSA) is 94.0 Å². The zero-order chi connectivity index (χ0) is 32.8. The average Bonchev–Trinajstić information content (AvgIpc) is 3.72. The number of ether oxygens (including phenoxy) is 3. The summed E-state index contributed by atoms with van der Waals surface area (Å²) in [6, 6.07) is 16.3. The number of nitrogens with zero attached hydrogens (tertiary/aromatic N) is 5. The first-order chi connectivity index (χ1) is 23.0. The van der Waals surface area contributed by atoms with Crippen LogP contribution in [-0.4, -0.2) is 90.3 Å². The Hall–Kier alpha value is -4.57. The van der Waals surface area contributed by atoms with E-state index >= 15 is 0 Å². The number of imidazole rings is 1. The Morgan fingerprint density at radius 1 is 1.02 bits per heavy atom. The molecule has 2 aromatic carbocycles. The quantitative estimate of drug-likeness (QED) is 0.195. The highest BCUT2D eigenvalue weighted by atomic mass is 16.5. The van der Waals surface area contributed by atoms with E-state index in [4.69, 9.17) is 19.2 Å². The third-order valence-corrected chi connectivity index (χ3v) is 9.83. The Morgan fingerprint density at radius 2 is 1.79 bits per heavy atom. The van der Waals surface area contributed by atoms with Crippen molar-refractivity contribution in [2.24, 2.45) is 0 Å². The van der Waals surface area contributed by atoms with Gasteiger partial charge in [0.05, 0.1) is 32.4 Å². The molecule has 2 aliphatic heterocycles. The van der Waals surface area contributed by atoms with E-state index in [0.717, 1.165) is 68.8 Å². The predicted octanol–water partition coefficient (Wildman–Crippen LogP) is 5.78. The number of rotatable bonds is 12. The lowest BCUT2D eigenvalue weighted by Gasteiger charge is -2.36. The fraction of sp³-hybridized carbons (Fsp3) is 0.432. The number of pyridine rings is 1. The number of likely N-dealkylation sites (tertiary alicyclic amines) is 2. The molecule has 2 aromatic heterocycles. The first-order valence-corrected chi connectivity index (χ1v) is 16.5. The van der Waals surface area contributed by atoms with E-state index in [1.807, 2.05) is 29.4 Å². The van der Waals surface area contributed by atoms with Gasteiger partial charge in [-0.2, -0.15) is 0 Å². The van der Waals surface area contributed by atoms with Crippen molar-refractivity contribution in [3.63, 3.8) is 0 Å². The Morgan fingerprint density at radius 3 is 2.47 bits per heavy atom. The van der Waals surface area contributed by atoms with Gasteiger partial charge in [-0.15, -0.1) is 0 Å². The van der Waals surface area contributed by atoms with E-state index in [0.29, 0.717) is 41.9 Å². The highest BCUT2D eigenvalue weighted by molar-refractivity contribution is 5.96. The molecule has 0 radical (unpaired) electrons. The Bertz CT molecular complexity index is 1670. The minimum atomic E-state index is -0.169. The fourth-order valence-electron chi connectivity index (χ4n) is 7.13. The number of anilines is 1. The number of carbonyl (C=O) groups excluding carboxylic acids is 1. The molecule has 0 spiro atoms. The number of hydrogen-bond donors (Lipinski definition) is 1. The van der Waals surface area contributed by atoms with Crippen LogP contribution in [0, 0.1) is 0 Å². The minimum Gasteiger partial charge on any atom is -0.493 e. The maximum absolute atomic E-state index is 13.9. The lowest BCUT2D eigenvalue weighted by molar-refractivity contribution is 0.0779. The molecule has 2 fully saturated rings. The number of nitrogens with one attached hydrogen (secondary N) is 1. The molecule has 2 saturated heterocycles. The van der Waals surface area contributed by atoms with E-state index in [9.17, 15) is 4.79 Å². The first-order valence-electron chi connectivity index (χ1n) is 16.5. The van der Waals surface area contributed by atoms with Gasteiger partial charge in [-0.05, 0) is 75.0 Å². The SMILES string of the molecule is CC=CCn1c(NC2CCN(CCC3(c4cccnc4)CCN(C(=O)c4cc(OC)c(OC)c(OC)c4)C3)CC2)nc2ccccc21. The normalized spacial score (nSPS) is 19.0. The molecule has 248 valence electrons. The van der Waals surface area contributed by atoms with E-state index < -0.39 is 0 Å². The van der Waals surface area contributed by atoms with Gasteiger partial charge in [0.1, 0.15) is 0 Å². The average molecular weight is 639 g/mol. The standard InChI is InChI=1S/C37H46N6O4/c1-5-6-18-43-31-12-8-7-11-30(31)40-36(43)39-29-13-19-41(20-14-29)21-15-37(28-10-9-17-38-25-28)16-22-42(26-37)35(44)27-23-32(45-2)34(47-4)33(24-27)46-3/h5-12,17,23-25,29H,13-16,18-22,26H2,1-4H3,(H,39,40). The van der Waals surface area contributed by atoms with Crippen LogP contribution in [0.3, 0.4) is 0 Å². The van der Waals surface area contributed by atoms with Gasteiger partial charge in [0.25, 0.3) is 5.91 Å². The second-order valence-electron chi connectivity index (χ2n) is 12.5. The lowest BCUT2D eigenvalue weighted by atomic mass is 9.77. The number of piperidine rings is 1. The van der Waals surface area contributed by atoms with E-state index in [1.165, 1.54) is 5.56 Å². The largest absolute Gasteiger partial charge is 0.493 e. The van der Waals surface area contributed by atoms with Crippen molar-refractivity contribution >= 4 is 22.9 Å². The number of fused-ring (bicyclic) bond motifs is 1. The molecule has 1 unspecified atom stereocenters. The molecule has 1 N–H and O–H groups in total. The van der Waals surface area contributed by atoms with Crippen molar-refractivity contribution in [2.75, 3.05) is 59.4 Å². The number of benzene rings is 2. The zero-order valence-corrected chi connectivity index (χ0v) is 27.9. The summed E-state index contributed by atoms with van der Waals surface area (Å²) < 4.78 is 18.8. The van der Waals surface area contributed by atoms with Crippen molar-refractivity contribution in [1.82, 2.24) is 24.3 Å². The number of methoxy groups -OCH3 is 3. The maximum Gasteiger partial charge on any atom is 0.254 e. The van der Waals surface area contributed by atoms with Crippen LogP contribution in [0.5, 0.6) is 17.2 Å². The summed E-state index contributed by atoms with van der Waals surface area (Å²) in [4.78, 5) is 27.8. The van der Waals surface area contributed by atoms with Crippen LogP contribution < -0.4 is 19.5 Å². The zero-order valence-electron chi connectivity index (χ0n) is 27.9. The highest BCUT2D eigenvalue weighted by Crippen LogP contribution is 2.41. The smallest absolute Gasteiger partial charge is 0.254 e. The van der Waals surface area contributed by atoms with Crippen LogP contribution >= 0.6 is 0 Å². The highest BCUT2D eigenvalue weighted by Gasteiger charge is 2.42. The Kier molecular flexibility index (Phi) is 9.96. The maximum atomic E-state index is 13.9. The van der Waals surface area contributed by atoms with Crippen LogP contribution in [0.25, 0.3) is 11.0 Å². The van der Waals surface area contributed by atoms with Crippen molar-refractivity contribution in [3.8, 4) is 17.2 Å². The van der Waals surface area contributed by atoms with Crippen LogP contribution in [0.1, 0.15) is 48.5 Å². The molecule has 4 aromatic rings. The van der Waals surface area contributed by atoms with Crippen LogP contribution in [0.4, 0.5) is 5.95 Å². The number of para-hydroxylation sites is 2. The molecule has 0 saturated carbocycles. The van der Waals surface area contributed by atoms with Crippen LogP contribution in [0.2, 0.25) is 0 Å². The number of allylic oxidation sites excluding steroid dienone is 2. The van der Waals surface area contributed by atoms with Crippen LogP contribution in [0.15, 0.2) is 73.1 Å². The summed E-state index contributed by atoms with van der Waals surface area (Å²) in [5.41, 5.74) is 3.72. The molecule has 4 heterocycles. The summed E-state index contributed by atoms with van der Waals surface area (Å²) in [5.74, 6) is 2.33. The minimum absolute atomic E-state index is 0.0395. The van der Waals surface area contributed by atoms with Crippen molar-refractivity contribution in [3.05, 3.63) is 84.2 Å². The van der Waals surface area contributed by atoms with E-state index in [2.05, 4.69) is 63.1 Å². The van der Waals surface area contributed by atoms with Gasteiger partial charge < -0.3 is 33.9 Å². The van der Waals surface area contributed by atoms with Gasteiger partial charge in [-0.25, -0.2) is 4.98 Å². The van der Waals surface area contributed by atoms with Crippen molar-refractivity contribution in [2.45, 2.75) is 50.6 Å². The number of amides is 1. The molecule has 10 heteroatoms. The third kappa shape index (κ3) is 6.79. The molecule has 1 amide bonds. The van der Waals surface area contributed by atoms with Crippen LogP contribution in [-0.2, 0) is 12.0 Å². The summed E-state index contributed by atoms with van der Waals surface area (Å²) in [5, 5.41) is 3.77. The molecule has 1 atom stereocenters. The summed E-state index contributed by atoms with van der Waals surface area (Å²) in [7, 11) is 4.69. The predicted molar refractivity (Wildman–Crippen MR) is 185 cm³/mol. The van der Waals surface area contributed by atoms with Gasteiger partial charge in [0, 0.05) is 62.1 Å². The van der Waals surface area contributed by atoms with Gasteiger partial charge in [0.15, 0.2) is 11.5 Å². The molecule has 10 nitrogen and oxygen atoms in total. The molecule has 6 rings (SSSR count). The number of carbonyl (C=O) groups is 1.